The molecule has 0 unspecified atom stereocenters. The molecule has 3 aromatic rings. The Kier molecular flexibility index (Phi) is 3.12. The van der Waals surface area contributed by atoms with E-state index in [9.17, 15) is 13.6 Å². The zero-order valence-corrected chi connectivity index (χ0v) is 13.7. The predicted molar refractivity (Wildman–Crippen MR) is 92.2 cm³/mol. The third-order valence-corrected chi connectivity index (χ3v) is 4.94. The maximum absolute atomic E-state index is 14.3. The first-order valence-electron chi connectivity index (χ1n) is 8.32. The van der Waals surface area contributed by atoms with Crippen LogP contribution in [0.2, 0.25) is 0 Å². The van der Waals surface area contributed by atoms with Crippen LogP contribution in [-0.2, 0) is 13.1 Å². The fraction of sp³-hybridized carbons (Fsp3) is 0.158. The summed E-state index contributed by atoms with van der Waals surface area (Å²) in [6, 6.07) is 8.92. The van der Waals surface area contributed by atoms with E-state index in [1.165, 1.54) is 12.1 Å². The second-order valence-corrected chi connectivity index (χ2v) is 6.39. The summed E-state index contributed by atoms with van der Waals surface area (Å²) in [5, 5.41) is 7.10. The van der Waals surface area contributed by atoms with Gasteiger partial charge in [0.25, 0.3) is 5.91 Å². The van der Waals surface area contributed by atoms with Gasteiger partial charge in [0.15, 0.2) is 0 Å². The minimum Gasteiger partial charge on any atom is -0.348 e. The third-order valence-electron chi connectivity index (χ3n) is 4.94. The van der Waals surface area contributed by atoms with Gasteiger partial charge in [-0.05, 0) is 29.8 Å². The van der Waals surface area contributed by atoms with E-state index in [2.05, 4.69) is 15.3 Å². The summed E-state index contributed by atoms with van der Waals surface area (Å²) in [4.78, 5) is 14.3. The van der Waals surface area contributed by atoms with Gasteiger partial charge in [-0.15, -0.1) is 0 Å². The minimum absolute atomic E-state index is 0.182. The number of carbonyl (C=O) groups excluding carboxylic acids is 1. The minimum atomic E-state index is -0.652. The highest BCUT2D eigenvalue weighted by atomic mass is 19.1. The van der Waals surface area contributed by atoms with Crippen molar-refractivity contribution in [3.8, 4) is 11.1 Å². The lowest BCUT2D eigenvalue weighted by Crippen LogP contribution is -2.15. The van der Waals surface area contributed by atoms with Gasteiger partial charge in [-0.2, -0.15) is 5.10 Å². The van der Waals surface area contributed by atoms with Crippen LogP contribution in [0.25, 0.3) is 11.1 Å². The first-order valence-corrected chi connectivity index (χ1v) is 8.32. The molecule has 0 bridgehead atoms. The van der Waals surface area contributed by atoms with Gasteiger partial charge in [-0.3, -0.25) is 4.79 Å². The predicted octanol–water partition coefficient (Wildman–Crippen LogP) is 3.22. The van der Waals surface area contributed by atoms with E-state index >= 15 is 0 Å². The molecule has 5 nitrogen and oxygen atoms in total. The van der Waals surface area contributed by atoms with Crippen LogP contribution in [0.4, 0.5) is 20.3 Å². The largest absolute Gasteiger partial charge is 0.348 e. The Labute approximate surface area is 147 Å². The molecule has 0 atom stereocenters. The summed E-state index contributed by atoms with van der Waals surface area (Å²) >= 11 is 0. The van der Waals surface area contributed by atoms with Gasteiger partial charge in [0, 0.05) is 47.6 Å². The van der Waals surface area contributed by atoms with Crippen molar-refractivity contribution in [1.29, 1.82) is 0 Å². The number of benzene rings is 2. The van der Waals surface area contributed by atoms with Crippen LogP contribution in [-0.4, -0.2) is 22.2 Å². The molecule has 0 radical (unpaired) electrons. The lowest BCUT2D eigenvalue weighted by molar-refractivity contribution is 0.0966. The second kappa shape index (κ2) is 5.39. The van der Waals surface area contributed by atoms with E-state index in [1.807, 2.05) is 16.8 Å². The standard InChI is InChI=1S/C19H14F2N4O/c20-12-1-2-13(16(21)9-12)11-7-14-15(10-22-19(14)26)17(8-11)24-5-6-25-18(24)3-4-23-25/h1-4,7-9H,5-6,10H2,(H,22,26). The van der Waals surface area contributed by atoms with Gasteiger partial charge in [-0.1, -0.05) is 0 Å². The number of nitrogens with one attached hydrogen (secondary N) is 1. The van der Waals surface area contributed by atoms with Gasteiger partial charge in [0.2, 0.25) is 0 Å². The van der Waals surface area contributed by atoms with Gasteiger partial charge < -0.3 is 10.2 Å². The first-order chi connectivity index (χ1) is 12.6. The summed E-state index contributed by atoms with van der Waals surface area (Å²) in [5.41, 5.74) is 3.07. The average molecular weight is 352 g/mol. The van der Waals surface area contributed by atoms with E-state index < -0.39 is 11.6 Å². The Morgan fingerprint density at radius 1 is 1.04 bits per heavy atom. The maximum Gasteiger partial charge on any atom is 0.251 e. The number of aromatic nitrogens is 2. The lowest BCUT2D eigenvalue weighted by atomic mass is 9.97. The maximum atomic E-state index is 14.3. The number of halogens is 2. The molecule has 0 saturated heterocycles. The smallest absolute Gasteiger partial charge is 0.251 e. The molecule has 0 aliphatic carbocycles. The van der Waals surface area contributed by atoms with Crippen molar-refractivity contribution in [2.24, 2.45) is 0 Å². The number of rotatable bonds is 2. The molecular weight excluding hydrogens is 338 g/mol. The van der Waals surface area contributed by atoms with Crippen molar-refractivity contribution in [3.63, 3.8) is 0 Å². The Hall–Kier alpha value is -3.22. The monoisotopic (exact) mass is 352 g/mol. The van der Waals surface area contributed by atoms with Crippen LogP contribution >= 0.6 is 0 Å². The zero-order valence-electron chi connectivity index (χ0n) is 13.7. The number of nitrogens with zero attached hydrogens (tertiary/aromatic N) is 3. The van der Waals surface area contributed by atoms with Crippen molar-refractivity contribution in [2.75, 3.05) is 11.4 Å². The highest BCUT2D eigenvalue weighted by Crippen LogP contribution is 2.39. The number of hydrogen-bond acceptors (Lipinski definition) is 3. The number of hydrogen-bond donors (Lipinski definition) is 1. The normalized spacial score (nSPS) is 15.2. The molecule has 1 aromatic heterocycles. The Bertz CT molecular complexity index is 1060. The van der Waals surface area contributed by atoms with Crippen molar-refractivity contribution < 1.29 is 13.6 Å². The quantitative estimate of drug-likeness (QED) is 0.770. The van der Waals surface area contributed by atoms with Gasteiger partial charge in [-0.25, -0.2) is 13.5 Å². The van der Waals surface area contributed by atoms with Crippen LogP contribution in [0, 0.1) is 11.6 Å². The lowest BCUT2D eigenvalue weighted by Gasteiger charge is -2.21. The molecule has 7 heteroatoms. The average Bonchev–Trinajstić information content (AvgIpc) is 3.30. The molecule has 1 amide bonds. The first kappa shape index (κ1) is 15.1. The van der Waals surface area contributed by atoms with Crippen molar-refractivity contribution >= 4 is 17.4 Å². The molecule has 0 spiro atoms. The second-order valence-electron chi connectivity index (χ2n) is 6.39. The highest BCUT2D eigenvalue weighted by molar-refractivity contribution is 6.02. The van der Waals surface area contributed by atoms with Crippen LogP contribution in [0.1, 0.15) is 15.9 Å². The van der Waals surface area contributed by atoms with Gasteiger partial charge >= 0.3 is 0 Å². The molecule has 0 fully saturated rings. The van der Waals surface area contributed by atoms with E-state index in [0.29, 0.717) is 17.7 Å². The van der Waals surface area contributed by atoms with E-state index in [4.69, 9.17) is 0 Å². The molecule has 5 rings (SSSR count). The molecule has 2 aliphatic rings. The van der Waals surface area contributed by atoms with Crippen LogP contribution < -0.4 is 10.2 Å². The molecule has 130 valence electrons. The highest BCUT2D eigenvalue weighted by Gasteiger charge is 2.29. The van der Waals surface area contributed by atoms with Crippen LogP contribution in [0.15, 0.2) is 42.6 Å². The number of anilines is 2. The summed E-state index contributed by atoms with van der Waals surface area (Å²) in [7, 11) is 0. The van der Waals surface area contributed by atoms with Crippen molar-refractivity contribution in [1.82, 2.24) is 15.1 Å². The Morgan fingerprint density at radius 2 is 1.92 bits per heavy atom. The molecule has 0 saturated carbocycles. The van der Waals surface area contributed by atoms with E-state index in [1.54, 1.807) is 12.3 Å². The third kappa shape index (κ3) is 2.13. The molecule has 3 heterocycles. The SMILES string of the molecule is O=C1NCc2c1cc(-c1ccc(F)cc1F)cc2N1CCn2nccc21. The Morgan fingerprint density at radius 3 is 2.77 bits per heavy atom. The van der Waals surface area contributed by atoms with Crippen molar-refractivity contribution in [2.45, 2.75) is 13.1 Å². The van der Waals surface area contributed by atoms with Gasteiger partial charge in [0.1, 0.15) is 17.5 Å². The summed E-state index contributed by atoms with van der Waals surface area (Å²) in [6.07, 6.45) is 1.73. The molecule has 2 aliphatic heterocycles. The summed E-state index contributed by atoms with van der Waals surface area (Å²) in [6.45, 7) is 1.90. The number of amides is 1. The number of fused-ring (bicyclic) bond motifs is 2. The van der Waals surface area contributed by atoms with E-state index in [-0.39, 0.29) is 11.5 Å². The van der Waals surface area contributed by atoms with Crippen molar-refractivity contribution in [3.05, 3.63) is 65.4 Å². The fourth-order valence-electron chi connectivity index (χ4n) is 3.71. The summed E-state index contributed by atoms with van der Waals surface area (Å²) in [5.74, 6) is -0.531. The summed E-state index contributed by atoms with van der Waals surface area (Å²) < 4.78 is 29.5. The molecule has 2 aromatic carbocycles. The zero-order chi connectivity index (χ0) is 17.8. The van der Waals surface area contributed by atoms with Gasteiger partial charge in [0.05, 0.1) is 12.7 Å². The molecule has 1 N–H and O–H groups in total. The Balaban J connectivity index is 1.72. The van der Waals surface area contributed by atoms with Crippen LogP contribution in [0.3, 0.4) is 0 Å². The molecule has 26 heavy (non-hydrogen) atoms. The number of carbonyl (C=O) groups is 1. The topological polar surface area (TPSA) is 50.2 Å². The van der Waals surface area contributed by atoms with E-state index in [0.717, 1.165) is 36.2 Å². The fourth-order valence-corrected chi connectivity index (χ4v) is 3.71. The van der Waals surface area contributed by atoms with Crippen LogP contribution in [0.5, 0.6) is 0 Å². The molecular formula is C19H14F2N4O.